The molecule has 1 saturated heterocycles. The standard InChI is InChI=1S/C19H21N5O5/c1-28-18(27)12-8-10(2-3-13(12)25)11-9-14(26)21-17-15(11)16(20)22-19(23-17)24-4-6-29-7-5-24/h2-3,8,11,25H,4-7,9H2,1H3,(H3,20,21,22,23,26)/t11-/m1/s1. The van der Waals surface area contributed by atoms with Crippen molar-refractivity contribution < 1.29 is 24.2 Å². The minimum Gasteiger partial charge on any atom is -0.507 e. The van der Waals surface area contributed by atoms with Gasteiger partial charge in [-0.3, -0.25) is 4.79 Å². The van der Waals surface area contributed by atoms with E-state index in [1.54, 1.807) is 6.07 Å². The Morgan fingerprint density at radius 1 is 1.34 bits per heavy atom. The van der Waals surface area contributed by atoms with E-state index < -0.39 is 11.9 Å². The fourth-order valence-electron chi connectivity index (χ4n) is 3.62. The second kappa shape index (κ2) is 7.55. The number of rotatable bonds is 3. The molecule has 1 aromatic heterocycles. The van der Waals surface area contributed by atoms with Crippen LogP contribution in [0.3, 0.4) is 0 Å². The first-order valence-electron chi connectivity index (χ1n) is 9.19. The molecule has 1 fully saturated rings. The number of methoxy groups -OCH3 is 1. The number of esters is 1. The highest BCUT2D eigenvalue weighted by atomic mass is 16.5. The van der Waals surface area contributed by atoms with E-state index in [1.165, 1.54) is 19.2 Å². The number of carbonyl (C=O) groups excluding carboxylic acids is 2. The van der Waals surface area contributed by atoms with Crippen molar-refractivity contribution in [3.63, 3.8) is 0 Å². The number of amides is 1. The summed E-state index contributed by atoms with van der Waals surface area (Å²) in [6.45, 7) is 2.41. The van der Waals surface area contributed by atoms with E-state index in [9.17, 15) is 14.7 Å². The molecule has 0 radical (unpaired) electrons. The summed E-state index contributed by atoms with van der Waals surface area (Å²) in [5.41, 5.74) is 7.51. The van der Waals surface area contributed by atoms with E-state index in [4.69, 9.17) is 15.2 Å². The molecular formula is C19H21N5O5. The zero-order valence-corrected chi connectivity index (χ0v) is 15.8. The molecule has 2 aliphatic heterocycles. The molecule has 1 aromatic carbocycles. The first-order valence-corrected chi connectivity index (χ1v) is 9.19. The van der Waals surface area contributed by atoms with Gasteiger partial charge in [0.05, 0.1) is 20.3 Å². The number of aromatic hydroxyl groups is 1. The van der Waals surface area contributed by atoms with Crippen LogP contribution in [0.2, 0.25) is 0 Å². The Morgan fingerprint density at radius 2 is 2.10 bits per heavy atom. The maximum absolute atomic E-state index is 12.4. The monoisotopic (exact) mass is 399 g/mol. The summed E-state index contributed by atoms with van der Waals surface area (Å²) in [6, 6.07) is 4.54. The van der Waals surface area contributed by atoms with Crippen LogP contribution in [-0.4, -0.2) is 60.4 Å². The lowest BCUT2D eigenvalue weighted by atomic mass is 9.85. The molecule has 4 N–H and O–H groups in total. The van der Waals surface area contributed by atoms with Crippen LogP contribution in [0, 0.1) is 0 Å². The number of nitrogens with one attached hydrogen (secondary N) is 1. The lowest BCUT2D eigenvalue weighted by molar-refractivity contribution is -0.116. The molecule has 0 unspecified atom stereocenters. The number of ether oxygens (including phenoxy) is 2. The predicted octanol–water partition coefficient (Wildman–Crippen LogP) is 0.862. The van der Waals surface area contributed by atoms with E-state index in [0.29, 0.717) is 49.2 Å². The van der Waals surface area contributed by atoms with Crippen LogP contribution < -0.4 is 16.0 Å². The fourth-order valence-corrected chi connectivity index (χ4v) is 3.62. The minimum atomic E-state index is -0.670. The number of phenols is 1. The van der Waals surface area contributed by atoms with E-state index in [1.807, 2.05) is 4.90 Å². The van der Waals surface area contributed by atoms with Crippen molar-refractivity contribution in [3.05, 3.63) is 34.9 Å². The number of nitrogens with zero attached hydrogens (tertiary/aromatic N) is 3. The number of fused-ring (bicyclic) bond motifs is 1. The number of phenolic OH excluding ortho intramolecular Hbond substituents is 1. The van der Waals surface area contributed by atoms with E-state index in [-0.39, 0.29) is 29.5 Å². The SMILES string of the molecule is COC(=O)c1cc([C@H]2CC(=O)Nc3nc(N4CCOCC4)nc(N)c32)ccc1O. The van der Waals surface area contributed by atoms with Gasteiger partial charge in [0.15, 0.2) is 0 Å². The molecule has 4 rings (SSSR count). The maximum Gasteiger partial charge on any atom is 0.341 e. The van der Waals surface area contributed by atoms with Crippen LogP contribution in [0.25, 0.3) is 0 Å². The van der Waals surface area contributed by atoms with Gasteiger partial charge in [-0.1, -0.05) is 6.07 Å². The van der Waals surface area contributed by atoms with Crippen molar-refractivity contribution in [3.8, 4) is 5.75 Å². The highest BCUT2D eigenvalue weighted by Gasteiger charge is 2.32. The van der Waals surface area contributed by atoms with Gasteiger partial charge < -0.3 is 30.5 Å². The summed E-state index contributed by atoms with van der Waals surface area (Å²) in [5.74, 6) is -0.499. The quantitative estimate of drug-likeness (QED) is 0.641. The second-order valence-corrected chi connectivity index (χ2v) is 6.84. The Labute approximate surface area is 166 Å². The first kappa shape index (κ1) is 18.9. The number of nitrogen functional groups attached to an aromatic ring is 1. The highest BCUT2D eigenvalue weighted by molar-refractivity contribution is 5.96. The third-order valence-electron chi connectivity index (χ3n) is 5.08. The molecular weight excluding hydrogens is 378 g/mol. The van der Waals surface area contributed by atoms with Gasteiger partial charge in [-0.2, -0.15) is 9.97 Å². The zero-order valence-electron chi connectivity index (χ0n) is 15.8. The number of hydrogen-bond acceptors (Lipinski definition) is 9. The number of aromatic nitrogens is 2. The van der Waals surface area contributed by atoms with Crippen molar-refractivity contribution in [1.82, 2.24) is 9.97 Å². The predicted molar refractivity (Wildman–Crippen MR) is 104 cm³/mol. The van der Waals surface area contributed by atoms with Crippen LogP contribution in [0.1, 0.15) is 33.8 Å². The lowest BCUT2D eigenvalue weighted by Crippen LogP contribution is -2.38. The Kier molecular flexibility index (Phi) is 4.93. The molecule has 2 aliphatic rings. The topological polar surface area (TPSA) is 140 Å². The maximum atomic E-state index is 12.4. The molecule has 0 saturated carbocycles. The highest BCUT2D eigenvalue weighted by Crippen LogP contribution is 2.40. The Morgan fingerprint density at radius 3 is 2.83 bits per heavy atom. The second-order valence-electron chi connectivity index (χ2n) is 6.84. The number of carbonyl (C=O) groups is 2. The van der Waals surface area contributed by atoms with E-state index >= 15 is 0 Å². The normalized spacial score (nSPS) is 18.7. The lowest BCUT2D eigenvalue weighted by Gasteiger charge is -2.30. The number of morpholine rings is 1. The molecule has 0 bridgehead atoms. The number of benzene rings is 1. The van der Waals surface area contributed by atoms with Crippen LogP contribution in [0.5, 0.6) is 5.75 Å². The molecule has 3 heterocycles. The summed E-state index contributed by atoms with van der Waals surface area (Å²) < 4.78 is 10.1. The van der Waals surface area contributed by atoms with Crippen molar-refractivity contribution >= 4 is 29.5 Å². The van der Waals surface area contributed by atoms with Crippen molar-refractivity contribution in [2.24, 2.45) is 0 Å². The third kappa shape index (κ3) is 3.54. The Balaban J connectivity index is 1.76. The molecule has 1 amide bonds. The molecule has 0 aliphatic carbocycles. The summed E-state index contributed by atoms with van der Waals surface area (Å²) >= 11 is 0. The number of anilines is 3. The van der Waals surface area contributed by atoms with Gasteiger partial charge in [-0.15, -0.1) is 0 Å². The van der Waals surface area contributed by atoms with Crippen molar-refractivity contribution in [1.29, 1.82) is 0 Å². The molecule has 2 aromatic rings. The first-order chi connectivity index (χ1) is 14.0. The van der Waals surface area contributed by atoms with Gasteiger partial charge >= 0.3 is 5.97 Å². The number of nitrogens with two attached hydrogens (primary N) is 1. The molecule has 10 heteroatoms. The summed E-state index contributed by atoms with van der Waals surface area (Å²) in [7, 11) is 1.23. The fraction of sp³-hybridized carbons (Fsp3) is 0.368. The van der Waals surface area contributed by atoms with Gasteiger partial charge in [-0.25, -0.2) is 4.79 Å². The number of hydrogen-bond donors (Lipinski definition) is 3. The van der Waals surface area contributed by atoms with Crippen LogP contribution in [0.15, 0.2) is 18.2 Å². The van der Waals surface area contributed by atoms with E-state index in [2.05, 4.69) is 15.3 Å². The zero-order chi connectivity index (χ0) is 20.5. The summed E-state index contributed by atoms with van der Waals surface area (Å²) in [5, 5.41) is 12.7. The third-order valence-corrected chi connectivity index (χ3v) is 5.08. The minimum absolute atomic E-state index is 0.0157. The molecule has 29 heavy (non-hydrogen) atoms. The average Bonchev–Trinajstić information content (AvgIpc) is 2.73. The van der Waals surface area contributed by atoms with Gasteiger partial charge in [0.1, 0.15) is 22.9 Å². The van der Waals surface area contributed by atoms with Crippen LogP contribution in [0.4, 0.5) is 17.6 Å². The van der Waals surface area contributed by atoms with Crippen molar-refractivity contribution in [2.45, 2.75) is 12.3 Å². The largest absolute Gasteiger partial charge is 0.507 e. The average molecular weight is 399 g/mol. The van der Waals surface area contributed by atoms with Crippen LogP contribution in [-0.2, 0) is 14.3 Å². The summed E-state index contributed by atoms with van der Waals surface area (Å²) in [6.07, 6.45) is 0.114. The molecule has 1 atom stereocenters. The molecule has 10 nitrogen and oxygen atoms in total. The van der Waals surface area contributed by atoms with Gasteiger partial charge in [0, 0.05) is 31.0 Å². The molecule has 152 valence electrons. The summed E-state index contributed by atoms with van der Waals surface area (Å²) in [4.78, 5) is 35.2. The van der Waals surface area contributed by atoms with Crippen molar-refractivity contribution in [2.75, 3.05) is 49.4 Å². The van der Waals surface area contributed by atoms with Gasteiger partial charge in [0.25, 0.3) is 0 Å². The smallest absolute Gasteiger partial charge is 0.341 e. The Hall–Kier alpha value is -3.40. The van der Waals surface area contributed by atoms with E-state index in [0.717, 1.165) is 0 Å². The van der Waals surface area contributed by atoms with Crippen LogP contribution >= 0.6 is 0 Å². The van der Waals surface area contributed by atoms with Gasteiger partial charge in [-0.05, 0) is 17.7 Å². The van der Waals surface area contributed by atoms with Gasteiger partial charge in [0.2, 0.25) is 11.9 Å². The Bertz CT molecular complexity index is 974. The molecule has 0 spiro atoms.